The van der Waals surface area contributed by atoms with Crippen molar-refractivity contribution in [2.45, 2.75) is 18.6 Å². The van der Waals surface area contributed by atoms with Crippen LogP contribution >= 0.6 is 11.6 Å². The van der Waals surface area contributed by atoms with Gasteiger partial charge in [0.2, 0.25) is 6.10 Å². The second-order valence-electron chi connectivity index (χ2n) is 6.50. The average molecular weight is 393 g/mol. The molecular formula is C23H17ClO4. The van der Waals surface area contributed by atoms with Crippen LogP contribution in [-0.4, -0.2) is 18.5 Å². The molecule has 3 aromatic carbocycles. The maximum Gasteiger partial charge on any atom is 0.348 e. The van der Waals surface area contributed by atoms with Gasteiger partial charge < -0.3 is 9.47 Å². The van der Waals surface area contributed by atoms with Crippen molar-refractivity contribution in [2.75, 3.05) is 0 Å². The molecular weight excluding hydrogens is 376 g/mol. The van der Waals surface area contributed by atoms with Crippen LogP contribution in [0.1, 0.15) is 22.6 Å². The second kappa shape index (κ2) is 7.87. The van der Waals surface area contributed by atoms with E-state index >= 15 is 0 Å². The number of benzene rings is 3. The van der Waals surface area contributed by atoms with E-state index in [1.165, 1.54) is 0 Å². The van der Waals surface area contributed by atoms with Crippen molar-refractivity contribution in [3.8, 4) is 11.1 Å². The number of rotatable bonds is 6. The van der Waals surface area contributed by atoms with Gasteiger partial charge in [-0.1, -0.05) is 78.3 Å². The summed E-state index contributed by atoms with van der Waals surface area (Å²) in [5, 5.41) is 0.514. The van der Waals surface area contributed by atoms with E-state index in [0.717, 1.165) is 22.3 Å². The highest BCUT2D eigenvalue weighted by Crippen LogP contribution is 2.46. The first-order chi connectivity index (χ1) is 13.7. The predicted molar refractivity (Wildman–Crippen MR) is 106 cm³/mol. The summed E-state index contributed by atoms with van der Waals surface area (Å²) in [5.74, 6) is -1.03. The Morgan fingerprint density at radius 3 is 2.11 bits per heavy atom. The summed E-state index contributed by atoms with van der Waals surface area (Å²) >= 11 is 6.13. The molecule has 0 spiro atoms. The zero-order valence-corrected chi connectivity index (χ0v) is 15.6. The van der Waals surface area contributed by atoms with Gasteiger partial charge in [-0.15, -0.1) is 0 Å². The highest BCUT2D eigenvalue weighted by Gasteiger charge is 2.40. The van der Waals surface area contributed by atoms with Gasteiger partial charge in [-0.3, -0.25) is 4.79 Å². The Morgan fingerprint density at radius 2 is 1.50 bits per heavy atom. The Kier molecular flexibility index (Phi) is 5.13. The van der Waals surface area contributed by atoms with Crippen molar-refractivity contribution < 1.29 is 19.1 Å². The van der Waals surface area contributed by atoms with Gasteiger partial charge in [-0.05, 0) is 28.3 Å². The second-order valence-corrected chi connectivity index (χ2v) is 6.91. The molecule has 0 saturated carbocycles. The molecule has 0 N–H and O–H groups in total. The van der Waals surface area contributed by atoms with E-state index in [1.807, 2.05) is 54.6 Å². The van der Waals surface area contributed by atoms with Gasteiger partial charge in [0.1, 0.15) is 6.61 Å². The van der Waals surface area contributed by atoms with E-state index in [1.54, 1.807) is 18.2 Å². The maximum atomic E-state index is 12.9. The first-order valence-electron chi connectivity index (χ1n) is 8.88. The van der Waals surface area contributed by atoms with Gasteiger partial charge in [-0.25, -0.2) is 4.79 Å². The maximum absolute atomic E-state index is 12.9. The van der Waals surface area contributed by atoms with E-state index < -0.39 is 18.0 Å². The average Bonchev–Trinajstić information content (AvgIpc) is 3.06. The number of carbonyl (C=O) groups excluding carboxylic acids is 2. The molecule has 0 radical (unpaired) electrons. The molecule has 28 heavy (non-hydrogen) atoms. The van der Waals surface area contributed by atoms with Gasteiger partial charge in [0.25, 0.3) is 6.47 Å². The van der Waals surface area contributed by atoms with Crippen molar-refractivity contribution >= 4 is 24.0 Å². The third kappa shape index (κ3) is 3.27. The third-order valence-electron chi connectivity index (χ3n) is 4.95. The summed E-state index contributed by atoms with van der Waals surface area (Å²) in [6.45, 7) is 0.304. The van der Waals surface area contributed by atoms with Crippen LogP contribution in [0.3, 0.4) is 0 Å². The number of ether oxygens (including phenoxy) is 2. The lowest BCUT2D eigenvalue weighted by Crippen LogP contribution is -2.32. The Morgan fingerprint density at radius 1 is 0.929 bits per heavy atom. The number of carbonyl (C=O) groups is 2. The molecule has 0 fully saturated rings. The highest BCUT2D eigenvalue weighted by atomic mass is 35.5. The van der Waals surface area contributed by atoms with Gasteiger partial charge in [-0.2, -0.15) is 0 Å². The smallest absolute Gasteiger partial charge is 0.348 e. The molecule has 1 aliphatic rings. The lowest BCUT2D eigenvalue weighted by atomic mass is 9.91. The van der Waals surface area contributed by atoms with Crippen LogP contribution in [0.4, 0.5) is 0 Å². The molecule has 1 atom stereocenters. The summed E-state index contributed by atoms with van der Waals surface area (Å²) < 4.78 is 10.7. The van der Waals surface area contributed by atoms with E-state index in [9.17, 15) is 9.59 Å². The van der Waals surface area contributed by atoms with Crippen LogP contribution in [0.2, 0.25) is 5.02 Å². The van der Waals surface area contributed by atoms with Crippen molar-refractivity contribution in [3.05, 3.63) is 94.5 Å². The van der Waals surface area contributed by atoms with E-state index in [-0.39, 0.29) is 6.61 Å². The van der Waals surface area contributed by atoms with Gasteiger partial charge in [0, 0.05) is 10.6 Å². The number of fused-ring (bicyclic) bond motifs is 3. The van der Waals surface area contributed by atoms with Crippen molar-refractivity contribution in [1.82, 2.24) is 0 Å². The molecule has 0 bridgehead atoms. The standard InChI is InChI=1S/C23H17ClO4/c24-20-12-6-1-7-15(20)13-27-23(26)22(28-14-25)21-18-10-4-2-8-16(18)17-9-3-5-11-19(17)21/h1-12,14,21-22H,13H2. The lowest BCUT2D eigenvalue weighted by Gasteiger charge is -2.22. The molecule has 4 rings (SSSR count). The minimum absolute atomic E-state index is 0.00718. The molecule has 4 nitrogen and oxygen atoms in total. The van der Waals surface area contributed by atoms with Crippen molar-refractivity contribution in [1.29, 1.82) is 0 Å². The molecule has 0 amide bonds. The van der Waals surface area contributed by atoms with Crippen molar-refractivity contribution in [2.24, 2.45) is 0 Å². The first kappa shape index (κ1) is 18.3. The number of hydrogen-bond acceptors (Lipinski definition) is 4. The fourth-order valence-corrected chi connectivity index (χ4v) is 3.89. The predicted octanol–water partition coefficient (Wildman–Crippen LogP) is 4.74. The first-order valence-corrected chi connectivity index (χ1v) is 9.26. The summed E-state index contributed by atoms with van der Waals surface area (Å²) in [6.07, 6.45) is -1.08. The SMILES string of the molecule is O=COC(C(=O)OCc1ccccc1Cl)C1c2ccccc2-c2ccccc21. The Labute approximate surface area is 167 Å². The van der Waals surface area contributed by atoms with Crippen LogP contribution in [0.15, 0.2) is 72.8 Å². The minimum Gasteiger partial charge on any atom is -0.458 e. The molecule has 5 heteroatoms. The fraction of sp³-hybridized carbons (Fsp3) is 0.130. The van der Waals surface area contributed by atoms with Crippen LogP contribution in [-0.2, 0) is 25.7 Å². The molecule has 0 saturated heterocycles. The lowest BCUT2D eigenvalue weighted by molar-refractivity contribution is -0.163. The Hall–Kier alpha value is -3.11. The third-order valence-corrected chi connectivity index (χ3v) is 5.32. The van der Waals surface area contributed by atoms with E-state index in [0.29, 0.717) is 17.1 Å². The van der Waals surface area contributed by atoms with Crippen molar-refractivity contribution in [3.63, 3.8) is 0 Å². The van der Waals surface area contributed by atoms with E-state index in [2.05, 4.69) is 0 Å². The Bertz CT molecular complexity index is 985. The molecule has 1 unspecified atom stereocenters. The molecule has 0 heterocycles. The molecule has 0 aliphatic heterocycles. The summed E-state index contributed by atoms with van der Waals surface area (Å²) in [5.41, 5.74) is 4.62. The van der Waals surface area contributed by atoms with Crippen LogP contribution in [0, 0.1) is 0 Å². The number of hydrogen-bond donors (Lipinski definition) is 0. The normalized spacial score (nSPS) is 13.3. The molecule has 140 valence electrons. The van der Waals surface area contributed by atoms with Crippen LogP contribution in [0.5, 0.6) is 0 Å². The van der Waals surface area contributed by atoms with Crippen LogP contribution < -0.4 is 0 Å². The topological polar surface area (TPSA) is 52.6 Å². The summed E-state index contributed by atoms with van der Waals surface area (Å²) in [4.78, 5) is 24.1. The van der Waals surface area contributed by atoms with Gasteiger partial charge in [0.05, 0.1) is 5.92 Å². The van der Waals surface area contributed by atoms with Gasteiger partial charge >= 0.3 is 5.97 Å². The van der Waals surface area contributed by atoms with E-state index in [4.69, 9.17) is 21.1 Å². The minimum atomic E-state index is -1.08. The monoisotopic (exact) mass is 392 g/mol. The fourth-order valence-electron chi connectivity index (χ4n) is 3.70. The highest BCUT2D eigenvalue weighted by molar-refractivity contribution is 6.31. The molecule has 0 aromatic heterocycles. The van der Waals surface area contributed by atoms with Crippen LogP contribution in [0.25, 0.3) is 11.1 Å². The number of halogens is 1. The zero-order chi connectivity index (χ0) is 19.5. The molecule has 3 aromatic rings. The zero-order valence-electron chi connectivity index (χ0n) is 14.9. The Balaban J connectivity index is 1.65. The molecule has 1 aliphatic carbocycles. The summed E-state index contributed by atoms with van der Waals surface area (Å²) in [6, 6.07) is 22.7. The summed E-state index contributed by atoms with van der Waals surface area (Å²) in [7, 11) is 0. The van der Waals surface area contributed by atoms with Gasteiger partial charge in [0.15, 0.2) is 0 Å². The number of esters is 1. The largest absolute Gasteiger partial charge is 0.458 e. The quantitative estimate of drug-likeness (QED) is 0.449.